The molecule has 2 aromatic heterocycles. The predicted octanol–water partition coefficient (Wildman–Crippen LogP) is 4.81. The van der Waals surface area contributed by atoms with Crippen molar-refractivity contribution in [2.45, 2.75) is 110 Å². The van der Waals surface area contributed by atoms with E-state index in [1.165, 1.54) is 10.4 Å². The molecule has 0 amide bonds. The van der Waals surface area contributed by atoms with Gasteiger partial charge in [-0.1, -0.05) is 26.8 Å². The van der Waals surface area contributed by atoms with E-state index < -0.39 is 7.60 Å². The van der Waals surface area contributed by atoms with Crippen molar-refractivity contribution in [2.75, 3.05) is 0 Å². The number of nitrogens with one attached hydrogen (secondary N) is 1. The highest BCUT2D eigenvalue weighted by Crippen LogP contribution is 2.59. The summed E-state index contributed by atoms with van der Waals surface area (Å²) < 4.78 is 20.8. The maximum atomic E-state index is 13.1. The maximum Gasteiger partial charge on any atom is 0.351 e. The molecule has 3 aliphatic rings. The Morgan fingerprint density at radius 3 is 2.26 bits per heavy atom. The van der Waals surface area contributed by atoms with Crippen molar-refractivity contribution in [3.63, 3.8) is 0 Å². The third kappa shape index (κ3) is 4.87. The molecule has 2 atom stereocenters. The molecule has 10 heteroatoms. The van der Waals surface area contributed by atoms with E-state index >= 15 is 0 Å². The number of aromatic amines is 1. The molecule has 0 aliphatic heterocycles. The SMILES string of the molecule is CCCn1c(=O)c2[nH]c(C34CCC(C=CP(=O)(O)OC(C)CC)(CC3)CC4)nc2n(CCC)c1=O. The Labute approximate surface area is 206 Å². The van der Waals surface area contributed by atoms with E-state index in [9.17, 15) is 19.0 Å². The van der Waals surface area contributed by atoms with Gasteiger partial charge in [0.15, 0.2) is 5.65 Å². The number of nitrogens with zero attached hydrogens (tertiary/aromatic N) is 3. The summed E-state index contributed by atoms with van der Waals surface area (Å²) in [5.74, 6) is 2.19. The van der Waals surface area contributed by atoms with E-state index in [2.05, 4.69) is 4.98 Å². The van der Waals surface area contributed by atoms with E-state index in [1.807, 2.05) is 26.8 Å². The molecule has 0 aromatic carbocycles. The summed E-state index contributed by atoms with van der Waals surface area (Å²) in [5, 5.41) is 0. The molecular weight excluding hydrogens is 467 g/mol. The average molecular weight is 507 g/mol. The molecular formula is C25H39N4O5P. The first-order chi connectivity index (χ1) is 16.6. The number of imidazole rings is 1. The van der Waals surface area contributed by atoms with E-state index in [1.54, 1.807) is 11.5 Å². The van der Waals surface area contributed by atoms with Gasteiger partial charge >= 0.3 is 13.3 Å². The second-order valence-electron chi connectivity index (χ2n) is 10.5. The minimum Gasteiger partial charge on any atom is -0.336 e. The van der Waals surface area contributed by atoms with Crippen LogP contribution in [-0.2, 0) is 27.6 Å². The van der Waals surface area contributed by atoms with E-state index in [-0.39, 0.29) is 28.2 Å². The number of aryl methyl sites for hydroxylation is 1. The molecule has 2 aromatic rings. The van der Waals surface area contributed by atoms with Gasteiger partial charge in [0.2, 0.25) is 0 Å². The largest absolute Gasteiger partial charge is 0.351 e. The van der Waals surface area contributed by atoms with Crippen molar-refractivity contribution >= 4 is 18.8 Å². The minimum absolute atomic E-state index is 0.108. The Balaban J connectivity index is 1.63. The highest BCUT2D eigenvalue weighted by Gasteiger charge is 2.50. The lowest BCUT2D eigenvalue weighted by Crippen LogP contribution is -2.44. The van der Waals surface area contributed by atoms with Gasteiger partial charge in [0.05, 0.1) is 6.10 Å². The summed E-state index contributed by atoms with van der Waals surface area (Å²) in [5.41, 5.74) is 0.0265. The number of H-pyrrole nitrogens is 1. The van der Waals surface area contributed by atoms with Gasteiger partial charge in [-0.2, -0.15) is 0 Å². The first-order valence-electron chi connectivity index (χ1n) is 13.0. The topological polar surface area (TPSA) is 119 Å². The molecule has 5 rings (SSSR count). The van der Waals surface area contributed by atoms with Crippen LogP contribution in [0.2, 0.25) is 0 Å². The second-order valence-corrected chi connectivity index (χ2v) is 12.2. The Hall–Kier alpha value is -1.96. The van der Waals surface area contributed by atoms with Gasteiger partial charge in [0.25, 0.3) is 5.56 Å². The van der Waals surface area contributed by atoms with Crippen molar-refractivity contribution in [1.29, 1.82) is 0 Å². The fourth-order valence-corrected chi connectivity index (χ4v) is 6.94. The molecule has 3 saturated carbocycles. The van der Waals surface area contributed by atoms with Gasteiger partial charge in [-0.05, 0) is 70.1 Å². The quantitative estimate of drug-likeness (QED) is 0.446. The zero-order chi connectivity index (χ0) is 25.4. The van der Waals surface area contributed by atoms with Gasteiger partial charge in [-0.25, -0.2) is 9.78 Å². The summed E-state index contributed by atoms with van der Waals surface area (Å²) in [4.78, 5) is 44.6. The zero-order valence-electron chi connectivity index (χ0n) is 21.4. The minimum atomic E-state index is -3.77. The maximum absolute atomic E-state index is 13.1. The molecule has 2 bridgehead atoms. The van der Waals surface area contributed by atoms with Crippen LogP contribution in [0.1, 0.15) is 91.3 Å². The monoisotopic (exact) mass is 506 g/mol. The molecule has 2 unspecified atom stereocenters. The van der Waals surface area contributed by atoms with Crippen LogP contribution in [0.5, 0.6) is 0 Å². The second kappa shape index (κ2) is 9.83. The Kier molecular flexibility index (Phi) is 7.33. The van der Waals surface area contributed by atoms with Crippen LogP contribution < -0.4 is 11.2 Å². The number of hydrogen-bond acceptors (Lipinski definition) is 5. The van der Waals surface area contributed by atoms with Crippen molar-refractivity contribution < 1.29 is 14.0 Å². The van der Waals surface area contributed by atoms with Gasteiger partial charge < -0.3 is 14.4 Å². The van der Waals surface area contributed by atoms with Crippen molar-refractivity contribution in [3.8, 4) is 0 Å². The Bertz CT molecular complexity index is 1250. The molecule has 35 heavy (non-hydrogen) atoms. The number of rotatable bonds is 10. The van der Waals surface area contributed by atoms with Crippen LogP contribution in [0.4, 0.5) is 0 Å². The fourth-order valence-electron chi connectivity index (χ4n) is 5.70. The molecule has 3 fully saturated rings. The molecule has 0 spiro atoms. The summed E-state index contributed by atoms with van der Waals surface area (Å²) in [6.07, 6.45) is 9.08. The smallest absolute Gasteiger partial charge is 0.336 e. The van der Waals surface area contributed by atoms with Crippen LogP contribution >= 0.6 is 7.60 Å². The van der Waals surface area contributed by atoms with Crippen LogP contribution in [0.15, 0.2) is 21.5 Å². The molecule has 9 nitrogen and oxygen atoms in total. The first kappa shape index (κ1) is 26.1. The van der Waals surface area contributed by atoms with Gasteiger partial charge in [-0.3, -0.25) is 18.5 Å². The summed E-state index contributed by atoms with van der Waals surface area (Å²) in [7, 11) is -3.77. The molecule has 0 radical (unpaired) electrons. The highest BCUT2D eigenvalue weighted by molar-refractivity contribution is 7.56. The lowest BCUT2D eigenvalue weighted by Gasteiger charge is -2.51. The lowest BCUT2D eigenvalue weighted by molar-refractivity contribution is 0.0739. The van der Waals surface area contributed by atoms with Crippen LogP contribution in [0.3, 0.4) is 0 Å². The van der Waals surface area contributed by atoms with Gasteiger partial charge in [-0.15, -0.1) is 0 Å². The molecule has 3 aliphatic carbocycles. The number of aromatic nitrogens is 4. The average Bonchev–Trinajstić information content (AvgIpc) is 3.31. The third-order valence-corrected chi connectivity index (χ3v) is 9.27. The van der Waals surface area contributed by atoms with Crippen molar-refractivity contribution in [3.05, 3.63) is 38.6 Å². The predicted molar refractivity (Wildman–Crippen MR) is 137 cm³/mol. The van der Waals surface area contributed by atoms with Crippen LogP contribution in [0.25, 0.3) is 11.2 Å². The lowest BCUT2D eigenvalue weighted by atomic mass is 9.53. The number of allylic oxidation sites excluding steroid dienone is 1. The van der Waals surface area contributed by atoms with Gasteiger partial charge in [0.1, 0.15) is 11.3 Å². The van der Waals surface area contributed by atoms with Crippen molar-refractivity contribution in [1.82, 2.24) is 19.1 Å². The van der Waals surface area contributed by atoms with Gasteiger partial charge in [0, 0.05) is 24.3 Å². The van der Waals surface area contributed by atoms with Crippen LogP contribution in [0, 0.1) is 5.41 Å². The Morgan fingerprint density at radius 2 is 1.69 bits per heavy atom. The molecule has 2 heterocycles. The molecule has 194 valence electrons. The molecule has 0 saturated heterocycles. The van der Waals surface area contributed by atoms with Crippen LogP contribution in [-0.4, -0.2) is 30.1 Å². The number of fused-ring (bicyclic) bond motifs is 4. The summed E-state index contributed by atoms with van der Waals surface area (Å²) in [6, 6.07) is 0. The van der Waals surface area contributed by atoms with E-state index in [4.69, 9.17) is 9.51 Å². The standard InChI is InChI=1S/C25H39N4O5P/c1-5-15-28-20-19(21(30)29(16-6-2)23(28)31)26-22(27-20)25-11-8-24(9-12-25,10-13-25)14-17-35(32,33)34-18(4)7-3/h14,17-18H,5-13,15-16H2,1-4H3,(H,26,27)(H,32,33). The third-order valence-electron chi connectivity index (χ3n) is 8.08. The number of hydrogen-bond donors (Lipinski definition) is 2. The zero-order valence-corrected chi connectivity index (χ0v) is 22.3. The summed E-state index contributed by atoms with van der Waals surface area (Å²) in [6.45, 7) is 8.59. The first-order valence-corrected chi connectivity index (χ1v) is 14.7. The van der Waals surface area contributed by atoms with E-state index in [0.717, 1.165) is 50.8 Å². The van der Waals surface area contributed by atoms with E-state index in [0.29, 0.717) is 37.1 Å². The highest BCUT2D eigenvalue weighted by atomic mass is 31.2. The van der Waals surface area contributed by atoms with Crippen molar-refractivity contribution in [2.24, 2.45) is 5.41 Å². The molecule has 2 N–H and O–H groups in total. The summed E-state index contributed by atoms with van der Waals surface area (Å²) >= 11 is 0. The Morgan fingerprint density at radius 1 is 1.09 bits per heavy atom. The normalized spacial score (nSPS) is 27.0. The fraction of sp³-hybridized carbons (Fsp3) is 0.720.